The van der Waals surface area contributed by atoms with Crippen LogP contribution in [0.4, 0.5) is 8.78 Å². The standard InChI is InChI=1S/C14H17BrF2N2O/c1-9(6-10-4-2-3-5-11(10)15)19-13(20)12-7-14(16,17)8-18-12/h2-5,9,12,18H,6-8H2,1H3,(H,19,20). The van der Waals surface area contributed by atoms with Crippen LogP contribution in [0.2, 0.25) is 0 Å². The SMILES string of the molecule is CC(Cc1ccccc1Br)NC(=O)C1CC(F)(F)CN1. The summed E-state index contributed by atoms with van der Waals surface area (Å²) in [5.74, 6) is -3.14. The summed E-state index contributed by atoms with van der Waals surface area (Å²) in [6.45, 7) is 1.44. The summed E-state index contributed by atoms with van der Waals surface area (Å²) < 4.78 is 27.1. The first-order valence-electron chi connectivity index (χ1n) is 6.52. The molecule has 1 saturated heterocycles. The number of benzene rings is 1. The molecular formula is C14H17BrF2N2O. The molecule has 1 fully saturated rings. The number of amides is 1. The van der Waals surface area contributed by atoms with Crippen molar-refractivity contribution in [2.45, 2.75) is 37.8 Å². The number of nitrogens with one attached hydrogen (secondary N) is 2. The lowest BCUT2D eigenvalue weighted by molar-refractivity contribution is -0.124. The summed E-state index contributed by atoms with van der Waals surface area (Å²) in [6.07, 6.45) is 0.219. The molecule has 1 amide bonds. The highest BCUT2D eigenvalue weighted by Gasteiger charge is 2.42. The number of alkyl halides is 2. The summed E-state index contributed by atoms with van der Waals surface area (Å²) in [5.41, 5.74) is 1.07. The molecule has 2 N–H and O–H groups in total. The van der Waals surface area contributed by atoms with Crippen molar-refractivity contribution >= 4 is 21.8 Å². The van der Waals surface area contributed by atoms with Crippen LogP contribution in [-0.4, -0.2) is 30.5 Å². The smallest absolute Gasteiger partial charge is 0.262 e. The topological polar surface area (TPSA) is 41.1 Å². The van der Waals surface area contributed by atoms with Crippen molar-refractivity contribution in [3.63, 3.8) is 0 Å². The second-order valence-electron chi connectivity index (χ2n) is 5.20. The Bertz CT molecular complexity index is 496. The molecule has 1 aromatic carbocycles. The second kappa shape index (κ2) is 6.18. The molecule has 20 heavy (non-hydrogen) atoms. The summed E-state index contributed by atoms with van der Waals surface area (Å²) in [5, 5.41) is 5.34. The summed E-state index contributed by atoms with van der Waals surface area (Å²) in [6, 6.07) is 6.83. The van der Waals surface area contributed by atoms with Gasteiger partial charge in [0.2, 0.25) is 5.91 Å². The van der Waals surface area contributed by atoms with Crippen molar-refractivity contribution in [2.75, 3.05) is 6.54 Å². The Morgan fingerprint density at radius 3 is 2.85 bits per heavy atom. The zero-order valence-electron chi connectivity index (χ0n) is 11.1. The van der Waals surface area contributed by atoms with Crippen LogP contribution in [0.3, 0.4) is 0 Å². The van der Waals surface area contributed by atoms with Crippen LogP contribution < -0.4 is 10.6 Å². The van der Waals surface area contributed by atoms with Gasteiger partial charge in [0.25, 0.3) is 5.92 Å². The van der Waals surface area contributed by atoms with Crippen LogP contribution in [0.1, 0.15) is 18.9 Å². The van der Waals surface area contributed by atoms with Crippen LogP contribution in [0.15, 0.2) is 28.7 Å². The van der Waals surface area contributed by atoms with Crippen molar-refractivity contribution in [1.82, 2.24) is 10.6 Å². The molecule has 110 valence electrons. The minimum atomic E-state index is -2.78. The Hall–Kier alpha value is -1.01. The summed E-state index contributed by atoms with van der Waals surface area (Å²) in [7, 11) is 0. The van der Waals surface area contributed by atoms with Crippen molar-refractivity contribution < 1.29 is 13.6 Å². The van der Waals surface area contributed by atoms with E-state index in [1.807, 2.05) is 31.2 Å². The highest BCUT2D eigenvalue weighted by atomic mass is 79.9. The molecule has 1 aromatic rings. The van der Waals surface area contributed by atoms with Gasteiger partial charge in [-0.25, -0.2) is 8.78 Å². The fourth-order valence-electron chi connectivity index (χ4n) is 2.29. The molecule has 0 spiro atoms. The Morgan fingerprint density at radius 2 is 2.25 bits per heavy atom. The number of hydrogen-bond donors (Lipinski definition) is 2. The molecule has 1 heterocycles. The average molecular weight is 347 g/mol. The molecule has 2 unspecified atom stereocenters. The fraction of sp³-hybridized carbons (Fsp3) is 0.500. The number of rotatable bonds is 4. The van der Waals surface area contributed by atoms with Gasteiger partial charge in [-0.2, -0.15) is 0 Å². The third-order valence-electron chi connectivity index (χ3n) is 3.30. The van der Waals surface area contributed by atoms with Gasteiger partial charge in [-0.15, -0.1) is 0 Å². The van der Waals surface area contributed by atoms with Gasteiger partial charge < -0.3 is 5.32 Å². The van der Waals surface area contributed by atoms with E-state index >= 15 is 0 Å². The molecule has 0 aliphatic carbocycles. The van der Waals surface area contributed by atoms with E-state index < -0.39 is 24.9 Å². The van der Waals surface area contributed by atoms with Crippen LogP contribution in [0.25, 0.3) is 0 Å². The maximum absolute atomic E-state index is 13.0. The van der Waals surface area contributed by atoms with E-state index in [9.17, 15) is 13.6 Å². The maximum Gasteiger partial charge on any atom is 0.262 e. The Morgan fingerprint density at radius 1 is 1.55 bits per heavy atom. The minimum Gasteiger partial charge on any atom is -0.352 e. The second-order valence-corrected chi connectivity index (χ2v) is 6.05. The van der Waals surface area contributed by atoms with Gasteiger partial charge in [-0.3, -0.25) is 10.1 Å². The van der Waals surface area contributed by atoms with Gasteiger partial charge in [0, 0.05) is 16.9 Å². The van der Waals surface area contributed by atoms with Gasteiger partial charge in [0.15, 0.2) is 0 Å². The molecule has 1 aliphatic rings. The van der Waals surface area contributed by atoms with Gasteiger partial charge in [-0.1, -0.05) is 34.1 Å². The Kier molecular flexibility index (Phi) is 4.75. The van der Waals surface area contributed by atoms with Crippen LogP contribution in [0, 0.1) is 0 Å². The van der Waals surface area contributed by atoms with E-state index in [1.165, 1.54) is 0 Å². The largest absolute Gasteiger partial charge is 0.352 e. The molecule has 6 heteroatoms. The molecule has 0 saturated carbocycles. The summed E-state index contributed by atoms with van der Waals surface area (Å²) >= 11 is 3.45. The van der Waals surface area contributed by atoms with Crippen LogP contribution in [0.5, 0.6) is 0 Å². The predicted octanol–water partition coefficient (Wildman–Crippen LogP) is 2.49. The normalized spacial score (nSPS) is 22.5. The zero-order chi connectivity index (χ0) is 14.8. The molecule has 3 nitrogen and oxygen atoms in total. The summed E-state index contributed by atoms with van der Waals surface area (Å²) in [4.78, 5) is 11.9. The van der Waals surface area contributed by atoms with Gasteiger partial charge >= 0.3 is 0 Å². The molecule has 1 aliphatic heterocycles. The quantitative estimate of drug-likeness (QED) is 0.879. The monoisotopic (exact) mass is 346 g/mol. The number of carbonyl (C=O) groups is 1. The van der Waals surface area contributed by atoms with Crippen molar-refractivity contribution in [3.05, 3.63) is 34.3 Å². The first kappa shape index (κ1) is 15.4. The van der Waals surface area contributed by atoms with Crippen LogP contribution >= 0.6 is 15.9 Å². The lowest BCUT2D eigenvalue weighted by Crippen LogP contribution is -2.44. The van der Waals surface area contributed by atoms with E-state index in [4.69, 9.17) is 0 Å². The third kappa shape index (κ3) is 3.99. The van der Waals surface area contributed by atoms with E-state index in [0.29, 0.717) is 6.42 Å². The van der Waals surface area contributed by atoms with Crippen LogP contribution in [-0.2, 0) is 11.2 Å². The molecule has 0 radical (unpaired) electrons. The third-order valence-corrected chi connectivity index (χ3v) is 4.07. The highest BCUT2D eigenvalue weighted by Crippen LogP contribution is 2.25. The number of hydrogen-bond acceptors (Lipinski definition) is 2. The molecular weight excluding hydrogens is 330 g/mol. The van der Waals surface area contributed by atoms with E-state index in [0.717, 1.165) is 10.0 Å². The van der Waals surface area contributed by atoms with Crippen molar-refractivity contribution in [3.8, 4) is 0 Å². The van der Waals surface area contributed by atoms with Crippen molar-refractivity contribution in [1.29, 1.82) is 0 Å². The van der Waals surface area contributed by atoms with E-state index in [2.05, 4.69) is 26.6 Å². The first-order chi connectivity index (χ1) is 9.37. The molecule has 2 atom stereocenters. The first-order valence-corrected chi connectivity index (χ1v) is 7.32. The van der Waals surface area contributed by atoms with E-state index in [1.54, 1.807) is 0 Å². The molecule has 0 bridgehead atoms. The molecule has 2 rings (SSSR count). The lowest BCUT2D eigenvalue weighted by atomic mass is 10.1. The highest BCUT2D eigenvalue weighted by molar-refractivity contribution is 9.10. The fourth-order valence-corrected chi connectivity index (χ4v) is 2.74. The molecule has 0 aromatic heterocycles. The predicted molar refractivity (Wildman–Crippen MR) is 76.8 cm³/mol. The Balaban J connectivity index is 1.87. The van der Waals surface area contributed by atoms with Gasteiger partial charge in [0.1, 0.15) is 0 Å². The van der Waals surface area contributed by atoms with Gasteiger partial charge in [-0.05, 0) is 25.0 Å². The average Bonchev–Trinajstić information content (AvgIpc) is 2.73. The lowest BCUT2D eigenvalue weighted by Gasteiger charge is -2.18. The maximum atomic E-state index is 13.0. The number of carbonyl (C=O) groups excluding carboxylic acids is 1. The number of halogens is 3. The van der Waals surface area contributed by atoms with E-state index in [-0.39, 0.29) is 11.9 Å². The minimum absolute atomic E-state index is 0.114. The zero-order valence-corrected chi connectivity index (χ0v) is 12.7. The van der Waals surface area contributed by atoms with Gasteiger partial charge in [0.05, 0.1) is 12.6 Å². The van der Waals surface area contributed by atoms with Crippen molar-refractivity contribution in [2.24, 2.45) is 0 Å². The Labute approximate surface area is 125 Å².